The first-order chi connectivity index (χ1) is 10.5. The summed E-state index contributed by atoms with van der Waals surface area (Å²) in [5.41, 5.74) is 0.990. The number of halogens is 2. The van der Waals surface area contributed by atoms with Crippen molar-refractivity contribution >= 4 is 21.8 Å². The Morgan fingerprint density at radius 1 is 1.27 bits per heavy atom. The minimum absolute atomic E-state index is 0.0105. The van der Waals surface area contributed by atoms with Crippen LogP contribution >= 0.6 is 15.9 Å². The standard InChI is InChI=1S/C17H17BrFNO2/c1-3-16(11-4-6-12(18)7-5-11)20-17(21)14-9-8-13(22-2)10-15(14)19/h4-10,16H,3H2,1-2H3,(H,20,21). The zero-order valence-corrected chi connectivity index (χ0v) is 14.0. The predicted molar refractivity (Wildman–Crippen MR) is 87.6 cm³/mol. The van der Waals surface area contributed by atoms with E-state index in [1.165, 1.54) is 19.2 Å². The van der Waals surface area contributed by atoms with Crippen LogP contribution in [0.1, 0.15) is 35.3 Å². The van der Waals surface area contributed by atoms with Crippen LogP contribution in [0.2, 0.25) is 0 Å². The summed E-state index contributed by atoms with van der Waals surface area (Å²) >= 11 is 3.38. The van der Waals surface area contributed by atoms with Crippen LogP contribution in [-0.2, 0) is 0 Å². The van der Waals surface area contributed by atoms with Crippen LogP contribution < -0.4 is 10.1 Å². The molecule has 22 heavy (non-hydrogen) atoms. The van der Waals surface area contributed by atoms with E-state index in [-0.39, 0.29) is 11.6 Å². The molecule has 116 valence electrons. The van der Waals surface area contributed by atoms with Crippen molar-refractivity contribution in [2.45, 2.75) is 19.4 Å². The van der Waals surface area contributed by atoms with Crippen LogP contribution in [0.4, 0.5) is 4.39 Å². The average Bonchev–Trinajstić information content (AvgIpc) is 2.53. The van der Waals surface area contributed by atoms with Gasteiger partial charge >= 0.3 is 0 Å². The lowest BCUT2D eigenvalue weighted by molar-refractivity contribution is 0.0931. The molecule has 0 spiro atoms. The molecule has 1 atom stereocenters. The fourth-order valence-corrected chi connectivity index (χ4v) is 2.42. The second-order valence-electron chi connectivity index (χ2n) is 4.83. The minimum atomic E-state index is -0.595. The van der Waals surface area contributed by atoms with Crippen molar-refractivity contribution in [1.29, 1.82) is 0 Å². The number of methoxy groups -OCH3 is 1. The molecule has 0 saturated carbocycles. The molecule has 2 aromatic carbocycles. The van der Waals surface area contributed by atoms with Gasteiger partial charge in [0, 0.05) is 10.5 Å². The van der Waals surface area contributed by atoms with E-state index >= 15 is 0 Å². The first-order valence-corrected chi connectivity index (χ1v) is 7.74. The summed E-state index contributed by atoms with van der Waals surface area (Å²) in [6, 6.07) is 11.7. The van der Waals surface area contributed by atoms with Crippen molar-refractivity contribution in [3.63, 3.8) is 0 Å². The molecule has 1 unspecified atom stereocenters. The SMILES string of the molecule is CCC(NC(=O)c1ccc(OC)cc1F)c1ccc(Br)cc1. The van der Waals surface area contributed by atoms with Gasteiger partial charge < -0.3 is 10.1 Å². The zero-order valence-electron chi connectivity index (χ0n) is 12.4. The van der Waals surface area contributed by atoms with Crippen molar-refractivity contribution in [2.75, 3.05) is 7.11 Å². The van der Waals surface area contributed by atoms with Crippen LogP contribution in [0.15, 0.2) is 46.9 Å². The molecular weight excluding hydrogens is 349 g/mol. The summed E-state index contributed by atoms with van der Waals surface area (Å²) in [6.07, 6.45) is 0.713. The van der Waals surface area contributed by atoms with Gasteiger partial charge in [-0.1, -0.05) is 35.0 Å². The first kappa shape index (κ1) is 16.5. The number of ether oxygens (including phenoxy) is 1. The van der Waals surface area contributed by atoms with Crippen LogP contribution in [0.25, 0.3) is 0 Å². The van der Waals surface area contributed by atoms with Gasteiger partial charge in [0.1, 0.15) is 11.6 Å². The van der Waals surface area contributed by atoms with Gasteiger partial charge in [0.2, 0.25) is 0 Å². The van der Waals surface area contributed by atoms with Gasteiger partial charge in [0.25, 0.3) is 5.91 Å². The van der Waals surface area contributed by atoms with Crippen molar-refractivity contribution in [3.8, 4) is 5.75 Å². The molecule has 3 nitrogen and oxygen atoms in total. The number of hydrogen-bond acceptors (Lipinski definition) is 2. The van der Waals surface area contributed by atoms with Crippen LogP contribution in [0.3, 0.4) is 0 Å². The van der Waals surface area contributed by atoms with Crippen LogP contribution in [-0.4, -0.2) is 13.0 Å². The van der Waals surface area contributed by atoms with Gasteiger partial charge in [-0.2, -0.15) is 0 Å². The lowest BCUT2D eigenvalue weighted by Crippen LogP contribution is -2.28. The monoisotopic (exact) mass is 365 g/mol. The van der Waals surface area contributed by atoms with Gasteiger partial charge in [-0.3, -0.25) is 4.79 Å². The van der Waals surface area contributed by atoms with E-state index in [9.17, 15) is 9.18 Å². The van der Waals surface area contributed by atoms with E-state index in [1.807, 2.05) is 31.2 Å². The molecule has 0 saturated heterocycles. The second-order valence-corrected chi connectivity index (χ2v) is 5.75. The largest absolute Gasteiger partial charge is 0.497 e. The van der Waals surface area contributed by atoms with E-state index < -0.39 is 11.7 Å². The van der Waals surface area contributed by atoms with Crippen molar-refractivity contribution in [3.05, 3.63) is 63.9 Å². The summed E-state index contributed by atoms with van der Waals surface area (Å²) in [4.78, 5) is 12.3. The van der Waals surface area contributed by atoms with Gasteiger partial charge in [0.15, 0.2) is 0 Å². The van der Waals surface area contributed by atoms with Gasteiger partial charge in [-0.25, -0.2) is 4.39 Å². The Morgan fingerprint density at radius 2 is 1.95 bits per heavy atom. The molecule has 0 aromatic heterocycles. The third-order valence-corrected chi connectivity index (χ3v) is 3.94. The molecule has 0 bridgehead atoms. The molecule has 0 heterocycles. The van der Waals surface area contributed by atoms with Crippen molar-refractivity contribution in [1.82, 2.24) is 5.32 Å². The van der Waals surface area contributed by atoms with Crippen LogP contribution in [0, 0.1) is 5.82 Å². The smallest absolute Gasteiger partial charge is 0.254 e. The molecule has 0 fully saturated rings. The van der Waals surface area contributed by atoms with Gasteiger partial charge in [-0.15, -0.1) is 0 Å². The molecule has 1 amide bonds. The highest BCUT2D eigenvalue weighted by Gasteiger charge is 2.17. The summed E-state index contributed by atoms with van der Waals surface area (Å²) in [5, 5.41) is 2.86. The van der Waals surface area contributed by atoms with E-state index in [4.69, 9.17) is 4.74 Å². The molecular formula is C17H17BrFNO2. The quantitative estimate of drug-likeness (QED) is 0.848. The Morgan fingerprint density at radius 3 is 2.50 bits per heavy atom. The number of hydrogen-bond donors (Lipinski definition) is 1. The van der Waals surface area contributed by atoms with E-state index in [0.29, 0.717) is 12.2 Å². The molecule has 1 N–H and O–H groups in total. The number of carbonyl (C=O) groups is 1. The fourth-order valence-electron chi connectivity index (χ4n) is 2.16. The zero-order chi connectivity index (χ0) is 16.1. The number of benzene rings is 2. The van der Waals surface area contributed by atoms with Crippen molar-refractivity contribution < 1.29 is 13.9 Å². The Labute approximate surface area is 137 Å². The fraction of sp³-hybridized carbons (Fsp3) is 0.235. The highest BCUT2D eigenvalue weighted by atomic mass is 79.9. The highest BCUT2D eigenvalue weighted by molar-refractivity contribution is 9.10. The van der Waals surface area contributed by atoms with Crippen molar-refractivity contribution in [2.24, 2.45) is 0 Å². The summed E-state index contributed by atoms with van der Waals surface area (Å²) < 4.78 is 19.9. The topological polar surface area (TPSA) is 38.3 Å². The molecule has 2 aromatic rings. The molecule has 5 heteroatoms. The molecule has 0 radical (unpaired) electrons. The Balaban J connectivity index is 2.17. The number of nitrogens with one attached hydrogen (secondary N) is 1. The number of amides is 1. The Kier molecular flexibility index (Phi) is 5.55. The summed E-state index contributed by atoms with van der Waals surface area (Å²) in [5.74, 6) is -0.647. The lowest BCUT2D eigenvalue weighted by Gasteiger charge is -2.18. The minimum Gasteiger partial charge on any atom is -0.497 e. The predicted octanol–water partition coefficient (Wildman–Crippen LogP) is 4.48. The molecule has 2 rings (SSSR count). The van der Waals surface area contributed by atoms with E-state index in [1.54, 1.807) is 6.07 Å². The normalized spacial score (nSPS) is 11.8. The second kappa shape index (κ2) is 7.40. The Hall–Kier alpha value is -1.88. The maximum absolute atomic E-state index is 14.0. The maximum Gasteiger partial charge on any atom is 0.254 e. The number of rotatable bonds is 5. The molecule has 0 aliphatic heterocycles. The average molecular weight is 366 g/mol. The maximum atomic E-state index is 14.0. The van der Waals surface area contributed by atoms with E-state index in [0.717, 1.165) is 10.0 Å². The van der Waals surface area contributed by atoms with Gasteiger partial charge in [0.05, 0.1) is 18.7 Å². The Bertz CT molecular complexity index is 658. The summed E-state index contributed by atoms with van der Waals surface area (Å²) in [6.45, 7) is 1.97. The first-order valence-electron chi connectivity index (χ1n) is 6.95. The van der Waals surface area contributed by atoms with E-state index in [2.05, 4.69) is 21.2 Å². The molecule has 0 aliphatic rings. The highest BCUT2D eigenvalue weighted by Crippen LogP contribution is 2.21. The molecule has 0 aliphatic carbocycles. The third-order valence-electron chi connectivity index (χ3n) is 3.41. The summed E-state index contributed by atoms with van der Waals surface area (Å²) in [7, 11) is 1.45. The number of carbonyl (C=O) groups excluding carboxylic acids is 1. The third kappa shape index (κ3) is 3.85. The van der Waals surface area contributed by atoms with Crippen LogP contribution in [0.5, 0.6) is 5.75 Å². The lowest BCUT2D eigenvalue weighted by atomic mass is 10.0. The van der Waals surface area contributed by atoms with Gasteiger partial charge in [-0.05, 0) is 36.2 Å².